The second-order valence-corrected chi connectivity index (χ2v) is 8.62. The topological polar surface area (TPSA) is 44.4 Å². The highest BCUT2D eigenvalue weighted by atomic mass is 16.2. The summed E-state index contributed by atoms with van der Waals surface area (Å²) in [7, 11) is 0. The van der Waals surface area contributed by atoms with Crippen LogP contribution in [0.1, 0.15) is 46.9 Å². The number of urea groups is 1. The molecule has 0 spiro atoms. The zero-order valence-corrected chi connectivity index (χ0v) is 18.3. The van der Waals surface area contributed by atoms with E-state index in [4.69, 9.17) is 0 Å². The van der Waals surface area contributed by atoms with E-state index in [-0.39, 0.29) is 6.03 Å². The number of nitrogens with zero attached hydrogens (tertiary/aromatic N) is 1. The molecule has 0 radical (unpaired) electrons. The molecule has 2 heterocycles. The van der Waals surface area contributed by atoms with Gasteiger partial charge in [0.25, 0.3) is 0 Å². The zero-order chi connectivity index (χ0) is 21.9. The summed E-state index contributed by atoms with van der Waals surface area (Å²) in [5.74, 6) is 0.655. The Kier molecular flexibility index (Phi) is 5.68. The zero-order valence-electron chi connectivity index (χ0n) is 18.3. The van der Waals surface area contributed by atoms with E-state index in [1.807, 2.05) is 0 Å². The number of carbonyl (C=O) groups is 1. The van der Waals surface area contributed by atoms with Crippen molar-refractivity contribution >= 4 is 17.4 Å². The monoisotopic (exact) mass is 423 g/mol. The van der Waals surface area contributed by atoms with Crippen molar-refractivity contribution in [3.8, 4) is 0 Å². The van der Waals surface area contributed by atoms with Crippen LogP contribution in [0, 0.1) is 0 Å². The number of rotatable bonds is 5. The van der Waals surface area contributed by atoms with Crippen LogP contribution in [-0.2, 0) is 0 Å². The molecule has 3 aromatic carbocycles. The maximum absolute atomic E-state index is 12.4. The molecule has 2 atom stereocenters. The van der Waals surface area contributed by atoms with Crippen LogP contribution in [0.15, 0.2) is 85.5 Å². The Bertz CT molecular complexity index is 1040. The number of amides is 2. The summed E-state index contributed by atoms with van der Waals surface area (Å²) in [6, 6.07) is 25.7. The quantitative estimate of drug-likeness (QED) is 0.504. The third kappa shape index (κ3) is 3.89. The summed E-state index contributed by atoms with van der Waals surface area (Å²) < 4.78 is 0. The average molecular weight is 424 g/mol. The van der Waals surface area contributed by atoms with Crippen molar-refractivity contribution < 1.29 is 4.79 Å². The minimum Gasteiger partial charge on any atom is -0.371 e. The highest BCUT2D eigenvalue weighted by Gasteiger charge is 2.35. The van der Waals surface area contributed by atoms with Gasteiger partial charge in [0.15, 0.2) is 0 Å². The molecule has 0 bridgehead atoms. The van der Waals surface area contributed by atoms with Crippen molar-refractivity contribution in [1.29, 1.82) is 0 Å². The van der Waals surface area contributed by atoms with E-state index in [0.717, 1.165) is 31.6 Å². The van der Waals surface area contributed by atoms with Crippen molar-refractivity contribution in [1.82, 2.24) is 5.32 Å². The standard InChI is InChI=1S/C28H29N3O/c1-2-15-29-28(32)30-22-18-25-23(20-9-5-3-6-10-20)13-16-31-17-14-24(26(19-22)27(25)31)21-11-7-4-8-12-21/h2-12,18-19,23-24H,1,13-17H2,(H2,29,30,32). The van der Waals surface area contributed by atoms with Crippen LogP contribution >= 0.6 is 0 Å². The molecule has 3 aromatic rings. The van der Waals surface area contributed by atoms with E-state index in [2.05, 4.69) is 94.9 Å². The smallest absolute Gasteiger partial charge is 0.319 e. The van der Waals surface area contributed by atoms with Gasteiger partial charge in [0, 0.05) is 42.8 Å². The molecule has 2 aliphatic rings. The number of hydrogen-bond donors (Lipinski definition) is 2. The van der Waals surface area contributed by atoms with Crippen LogP contribution < -0.4 is 15.5 Å². The summed E-state index contributed by atoms with van der Waals surface area (Å²) >= 11 is 0. The highest BCUT2D eigenvalue weighted by molar-refractivity contribution is 5.90. The molecular weight excluding hydrogens is 394 g/mol. The molecule has 0 saturated carbocycles. The lowest BCUT2D eigenvalue weighted by molar-refractivity contribution is 0.253. The molecule has 5 rings (SSSR count). The van der Waals surface area contributed by atoms with Crippen molar-refractivity contribution in [2.75, 3.05) is 29.9 Å². The lowest BCUT2D eigenvalue weighted by Crippen LogP contribution is -2.38. The Morgan fingerprint density at radius 1 is 0.906 bits per heavy atom. The second-order valence-electron chi connectivity index (χ2n) is 8.62. The number of benzene rings is 3. The van der Waals surface area contributed by atoms with Gasteiger partial charge in [0.2, 0.25) is 0 Å². The van der Waals surface area contributed by atoms with E-state index in [9.17, 15) is 4.79 Å². The molecule has 2 amide bonds. The molecular formula is C28H29N3O. The van der Waals surface area contributed by atoms with Crippen LogP contribution in [-0.4, -0.2) is 25.7 Å². The van der Waals surface area contributed by atoms with E-state index >= 15 is 0 Å². The predicted octanol–water partition coefficient (Wildman–Crippen LogP) is 5.87. The lowest BCUT2D eigenvalue weighted by atomic mass is 9.76. The normalized spacial score (nSPS) is 19.1. The third-order valence-corrected chi connectivity index (χ3v) is 6.68. The minimum atomic E-state index is -0.201. The second kappa shape index (κ2) is 8.91. The maximum Gasteiger partial charge on any atom is 0.319 e. The van der Waals surface area contributed by atoms with Gasteiger partial charge in [-0.1, -0.05) is 66.7 Å². The Morgan fingerprint density at radius 3 is 1.94 bits per heavy atom. The molecule has 4 heteroatoms. The predicted molar refractivity (Wildman–Crippen MR) is 132 cm³/mol. The maximum atomic E-state index is 12.4. The van der Waals surface area contributed by atoms with Crippen molar-refractivity contribution in [3.63, 3.8) is 0 Å². The summed E-state index contributed by atoms with van der Waals surface area (Å²) in [4.78, 5) is 15.0. The molecule has 4 nitrogen and oxygen atoms in total. The van der Waals surface area contributed by atoms with Crippen molar-refractivity contribution in [2.45, 2.75) is 24.7 Å². The number of anilines is 2. The van der Waals surface area contributed by atoms with Crippen molar-refractivity contribution in [2.24, 2.45) is 0 Å². The Labute approximate surface area is 190 Å². The Balaban J connectivity index is 1.62. The van der Waals surface area contributed by atoms with E-state index in [1.54, 1.807) is 6.08 Å². The Morgan fingerprint density at radius 2 is 1.44 bits per heavy atom. The summed E-state index contributed by atoms with van der Waals surface area (Å²) in [6.45, 7) is 6.25. The van der Waals surface area contributed by atoms with Gasteiger partial charge in [0.05, 0.1) is 0 Å². The van der Waals surface area contributed by atoms with E-state index < -0.39 is 0 Å². The summed E-state index contributed by atoms with van der Waals surface area (Å²) in [6.07, 6.45) is 3.85. The van der Waals surface area contributed by atoms with Crippen LogP contribution in [0.2, 0.25) is 0 Å². The van der Waals surface area contributed by atoms with Crippen LogP contribution in [0.5, 0.6) is 0 Å². The summed E-state index contributed by atoms with van der Waals surface area (Å²) in [5, 5.41) is 5.90. The highest BCUT2D eigenvalue weighted by Crippen LogP contribution is 2.49. The SMILES string of the molecule is C=CCNC(=O)Nc1cc2c3c(c1)C(c1ccccc1)CCN3CCC2c1ccccc1. The Hall–Kier alpha value is -3.53. The van der Waals surface area contributed by atoms with Gasteiger partial charge < -0.3 is 15.5 Å². The van der Waals surface area contributed by atoms with Gasteiger partial charge in [-0.25, -0.2) is 4.79 Å². The van der Waals surface area contributed by atoms with Gasteiger partial charge in [-0.05, 0) is 47.2 Å². The van der Waals surface area contributed by atoms with E-state index in [0.29, 0.717) is 18.4 Å². The largest absolute Gasteiger partial charge is 0.371 e. The number of carbonyl (C=O) groups excluding carboxylic acids is 1. The molecule has 2 aliphatic heterocycles. The van der Waals surface area contributed by atoms with Gasteiger partial charge >= 0.3 is 6.03 Å². The van der Waals surface area contributed by atoms with Crippen molar-refractivity contribution in [3.05, 3.63) is 108 Å². The molecule has 0 saturated heterocycles. The van der Waals surface area contributed by atoms with Gasteiger partial charge in [-0.15, -0.1) is 6.58 Å². The molecule has 0 aromatic heterocycles. The number of nitrogens with one attached hydrogen (secondary N) is 2. The number of hydrogen-bond acceptors (Lipinski definition) is 2. The average Bonchev–Trinajstić information content (AvgIpc) is 2.84. The third-order valence-electron chi connectivity index (χ3n) is 6.68. The fourth-order valence-corrected chi connectivity index (χ4v) is 5.27. The summed E-state index contributed by atoms with van der Waals surface area (Å²) in [5.41, 5.74) is 7.53. The lowest BCUT2D eigenvalue weighted by Gasteiger charge is -2.43. The fraction of sp³-hybridized carbons (Fsp3) is 0.250. The van der Waals surface area contributed by atoms with Gasteiger partial charge in [0.1, 0.15) is 0 Å². The van der Waals surface area contributed by atoms with Crippen LogP contribution in [0.3, 0.4) is 0 Å². The van der Waals surface area contributed by atoms with Gasteiger partial charge in [-0.2, -0.15) is 0 Å². The first-order valence-corrected chi connectivity index (χ1v) is 11.4. The molecule has 2 unspecified atom stereocenters. The fourth-order valence-electron chi connectivity index (χ4n) is 5.27. The molecule has 162 valence electrons. The minimum absolute atomic E-state index is 0.201. The van der Waals surface area contributed by atoms with Gasteiger partial charge in [-0.3, -0.25) is 0 Å². The van der Waals surface area contributed by atoms with Crippen LogP contribution in [0.25, 0.3) is 0 Å². The van der Waals surface area contributed by atoms with Crippen LogP contribution in [0.4, 0.5) is 16.2 Å². The first-order valence-electron chi connectivity index (χ1n) is 11.4. The van der Waals surface area contributed by atoms with E-state index in [1.165, 1.54) is 27.9 Å². The molecule has 0 aliphatic carbocycles. The molecule has 32 heavy (non-hydrogen) atoms. The molecule has 0 fully saturated rings. The first-order chi connectivity index (χ1) is 15.7. The first kappa shape index (κ1) is 20.4. The molecule has 2 N–H and O–H groups in total.